The van der Waals surface area contributed by atoms with Crippen LogP contribution in [0.5, 0.6) is 0 Å². The summed E-state index contributed by atoms with van der Waals surface area (Å²) in [6.07, 6.45) is 0. The van der Waals surface area contributed by atoms with Crippen molar-refractivity contribution in [2.75, 3.05) is 13.2 Å². The molecule has 0 aromatic heterocycles. The fraction of sp³-hybridized carbons (Fsp3) is 0.333. The van der Waals surface area contributed by atoms with Gasteiger partial charge in [0.15, 0.2) is 0 Å². The summed E-state index contributed by atoms with van der Waals surface area (Å²) in [4.78, 5) is 0.346. The summed E-state index contributed by atoms with van der Waals surface area (Å²) in [7, 11) is -3.37. The maximum Gasteiger partial charge on any atom is 0.243 e. The highest BCUT2D eigenvalue weighted by Crippen LogP contribution is 2.31. The molecule has 1 N–H and O–H groups in total. The predicted octanol–water partition coefficient (Wildman–Crippen LogP) is 0.946. The highest BCUT2D eigenvalue weighted by Gasteiger charge is 2.33. The second-order valence-corrected chi connectivity index (χ2v) is 6.14. The number of aliphatic hydroxyl groups excluding tert-OH is 1. The van der Waals surface area contributed by atoms with Gasteiger partial charge < -0.3 is 5.11 Å². The summed E-state index contributed by atoms with van der Waals surface area (Å²) in [5.74, 6) is 0. The van der Waals surface area contributed by atoms with Gasteiger partial charge in [0, 0.05) is 17.6 Å². The van der Waals surface area contributed by atoms with Gasteiger partial charge in [0.05, 0.1) is 11.5 Å². The maximum atomic E-state index is 11.9. The van der Waals surface area contributed by atoms with E-state index in [4.69, 9.17) is 5.11 Å². The first-order valence-electron chi connectivity index (χ1n) is 4.45. The molecule has 0 radical (unpaired) electrons. The SMILES string of the molecule is O=S1(=O)c2ccc(Br)cc2CN1CCO. The van der Waals surface area contributed by atoms with E-state index in [0.717, 1.165) is 10.0 Å². The van der Waals surface area contributed by atoms with Crippen LogP contribution in [0, 0.1) is 0 Å². The number of aliphatic hydroxyl groups is 1. The molecule has 6 heteroatoms. The standard InChI is InChI=1S/C9H10BrNO3S/c10-8-1-2-9-7(5-8)6-11(3-4-12)15(9,13)14/h1-2,5,12H,3-4,6H2. The van der Waals surface area contributed by atoms with Crippen LogP contribution in [0.3, 0.4) is 0 Å². The van der Waals surface area contributed by atoms with E-state index in [9.17, 15) is 8.42 Å². The number of β-amino-alcohol motifs (C(OH)–C–C–N with tert-alkyl or cyclic N) is 1. The van der Waals surface area contributed by atoms with Crippen molar-refractivity contribution in [1.82, 2.24) is 4.31 Å². The van der Waals surface area contributed by atoms with Crippen LogP contribution in [-0.4, -0.2) is 31.0 Å². The number of hydrogen-bond acceptors (Lipinski definition) is 3. The van der Waals surface area contributed by atoms with E-state index in [1.54, 1.807) is 18.2 Å². The summed E-state index contributed by atoms with van der Waals surface area (Å²) in [5.41, 5.74) is 0.776. The molecule has 0 spiro atoms. The minimum absolute atomic E-state index is 0.147. The fourth-order valence-electron chi connectivity index (χ4n) is 1.65. The van der Waals surface area contributed by atoms with Gasteiger partial charge >= 0.3 is 0 Å². The monoisotopic (exact) mass is 291 g/mol. The van der Waals surface area contributed by atoms with Crippen LogP contribution in [-0.2, 0) is 16.6 Å². The smallest absolute Gasteiger partial charge is 0.243 e. The van der Waals surface area contributed by atoms with Crippen molar-refractivity contribution < 1.29 is 13.5 Å². The molecule has 4 nitrogen and oxygen atoms in total. The molecule has 1 aliphatic heterocycles. The van der Waals surface area contributed by atoms with Gasteiger partial charge in [0.1, 0.15) is 0 Å². The normalized spacial score (nSPS) is 19.1. The number of rotatable bonds is 2. The zero-order valence-electron chi connectivity index (χ0n) is 7.85. The highest BCUT2D eigenvalue weighted by atomic mass is 79.9. The first-order chi connectivity index (χ1) is 7.05. The molecule has 0 atom stereocenters. The molecule has 1 aromatic carbocycles. The summed E-state index contributed by atoms with van der Waals surface area (Å²) >= 11 is 3.30. The average molecular weight is 292 g/mol. The molecule has 0 fully saturated rings. The van der Waals surface area contributed by atoms with Gasteiger partial charge in [-0.1, -0.05) is 15.9 Å². The first-order valence-corrected chi connectivity index (χ1v) is 6.68. The Morgan fingerprint density at radius 1 is 1.47 bits per heavy atom. The Morgan fingerprint density at radius 2 is 2.20 bits per heavy atom. The van der Waals surface area contributed by atoms with Crippen molar-refractivity contribution in [2.24, 2.45) is 0 Å². The van der Waals surface area contributed by atoms with Crippen LogP contribution < -0.4 is 0 Å². The lowest BCUT2D eigenvalue weighted by Gasteiger charge is -2.11. The molecule has 1 aliphatic rings. The first kappa shape index (κ1) is 11.1. The second kappa shape index (κ2) is 3.86. The Hall–Kier alpha value is -0.430. The summed E-state index contributed by atoms with van der Waals surface area (Å²) in [5, 5.41) is 8.78. The summed E-state index contributed by atoms with van der Waals surface area (Å²) < 4.78 is 25.9. The Labute approximate surface area is 96.7 Å². The Kier molecular flexibility index (Phi) is 2.85. The van der Waals surface area contributed by atoms with Crippen LogP contribution in [0.15, 0.2) is 27.6 Å². The molecule has 0 saturated carbocycles. The maximum absolute atomic E-state index is 11.9. The van der Waals surface area contributed by atoms with Gasteiger partial charge in [-0.2, -0.15) is 4.31 Å². The summed E-state index contributed by atoms with van der Waals surface area (Å²) in [6, 6.07) is 5.09. The minimum atomic E-state index is -3.37. The average Bonchev–Trinajstić information content (AvgIpc) is 2.39. The Morgan fingerprint density at radius 3 is 2.87 bits per heavy atom. The van der Waals surface area contributed by atoms with E-state index in [-0.39, 0.29) is 13.2 Å². The lowest BCUT2D eigenvalue weighted by molar-refractivity contribution is 0.254. The minimum Gasteiger partial charge on any atom is -0.395 e. The van der Waals surface area contributed by atoms with E-state index in [2.05, 4.69) is 15.9 Å². The third-order valence-electron chi connectivity index (χ3n) is 2.34. The number of benzene rings is 1. The lowest BCUT2D eigenvalue weighted by atomic mass is 10.2. The molecule has 0 bridgehead atoms. The van der Waals surface area contributed by atoms with Gasteiger partial charge in [-0.05, 0) is 23.8 Å². The highest BCUT2D eigenvalue weighted by molar-refractivity contribution is 9.10. The van der Waals surface area contributed by atoms with Crippen molar-refractivity contribution in [1.29, 1.82) is 0 Å². The van der Waals surface area contributed by atoms with Crippen molar-refractivity contribution in [3.8, 4) is 0 Å². The topological polar surface area (TPSA) is 57.6 Å². The van der Waals surface area contributed by atoms with Crippen molar-refractivity contribution in [3.63, 3.8) is 0 Å². The van der Waals surface area contributed by atoms with Crippen LogP contribution >= 0.6 is 15.9 Å². The van der Waals surface area contributed by atoms with Crippen LogP contribution in [0.25, 0.3) is 0 Å². The molecule has 0 aliphatic carbocycles. The second-order valence-electron chi connectivity index (χ2n) is 3.31. The number of hydrogen-bond donors (Lipinski definition) is 1. The predicted molar refractivity (Wildman–Crippen MR) is 58.8 cm³/mol. The van der Waals surface area contributed by atoms with E-state index in [0.29, 0.717) is 11.4 Å². The quantitative estimate of drug-likeness (QED) is 0.883. The van der Waals surface area contributed by atoms with Crippen LogP contribution in [0.2, 0.25) is 0 Å². The molecular formula is C9H10BrNO3S. The van der Waals surface area contributed by atoms with Crippen molar-refractivity contribution in [3.05, 3.63) is 28.2 Å². The molecule has 82 valence electrons. The number of halogens is 1. The van der Waals surface area contributed by atoms with Gasteiger partial charge in [-0.25, -0.2) is 8.42 Å². The lowest BCUT2D eigenvalue weighted by Crippen LogP contribution is -2.27. The van der Waals surface area contributed by atoms with Crippen molar-refractivity contribution >= 4 is 26.0 Å². The van der Waals surface area contributed by atoms with Gasteiger partial charge in [-0.15, -0.1) is 0 Å². The molecule has 0 amide bonds. The Balaban J connectivity index is 2.48. The molecule has 0 saturated heterocycles. The third-order valence-corrected chi connectivity index (χ3v) is 4.78. The van der Waals surface area contributed by atoms with Crippen LogP contribution in [0.4, 0.5) is 0 Å². The van der Waals surface area contributed by atoms with E-state index >= 15 is 0 Å². The molecule has 15 heavy (non-hydrogen) atoms. The Bertz CT molecular complexity index is 486. The van der Waals surface area contributed by atoms with E-state index in [1.807, 2.05) is 0 Å². The summed E-state index contributed by atoms with van der Waals surface area (Å²) in [6.45, 7) is 0.334. The van der Waals surface area contributed by atoms with Gasteiger partial charge in [0.2, 0.25) is 10.0 Å². The van der Waals surface area contributed by atoms with Gasteiger partial charge in [0.25, 0.3) is 0 Å². The van der Waals surface area contributed by atoms with Gasteiger partial charge in [-0.3, -0.25) is 0 Å². The molecule has 1 aromatic rings. The van der Waals surface area contributed by atoms with Crippen LogP contribution in [0.1, 0.15) is 5.56 Å². The zero-order valence-corrected chi connectivity index (χ0v) is 10.3. The number of sulfonamides is 1. The largest absolute Gasteiger partial charge is 0.395 e. The van der Waals surface area contributed by atoms with E-state index in [1.165, 1.54) is 4.31 Å². The molecular weight excluding hydrogens is 282 g/mol. The third kappa shape index (κ3) is 1.82. The van der Waals surface area contributed by atoms with E-state index < -0.39 is 10.0 Å². The zero-order chi connectivity index (χ0) is 11.1. The molecule has 0 unspecified atom stereocenters. The number of fused-ring (bicyclic) bond motifs is 1. The molecule has 2 rings (SSSR count). The fourth-order valence-corrected chi connectivity index (χ4v) is 3.66. The van der Waals surface area contributed by atoms with Crippen molar-refractivity contribution in [2.45, 2.75) is 11.4 Å². The molecule has 1 heterocycles. The number of nitrogens with zero attached hydrogens (tertiary/aromatic N) is 1.